The second-order valence-corrected chi connectivity index (χ2v) is 10.5. The van der Waals surface area contributed by atoms with Crippen molar-refractivity contribution in [3.05, 3.63) is 113 Å². The lowest BCUT2D eigenvalue weighted by Crippen LogP contribution is -2.40. The van der Waals surface area contributed by atoms with Crippen LogP contribution in [0.5, 0.6) is 5.75 Å². The molecule has 0 saturated heterocycles. The van der Waals surface area contributed by atoms with Gasteiger partial charge in [-0.15, -0.1) is 0 Å². The summed E-state index contributed by atoms with van der Waals surface area (Å²) in [4.78, 5) is 43.1. The highest BCUT2D eigenvalue weighted by Crippen LogP contribution is 2.33. The number of ether oxygens (including phenoxy) is 2. The van der Waals surface area contributed by atoms with Crippen LogP contribution in [0.15, 0.2) is 86.1 Å². The molecule has 0 unspecified atom stereocenters. The Hall–Kier alpha value is -4.77. The van der Waals surface area contributed by atoms with E-state index in [9.17, 15) is 19.7 Å². The van der Waals surface area contributed by atoms with Gasteiger partial charge in [0.1, 0.15) is 17.3 Å². The molecule has 210 valence electrons. The van der Waals surface area contributed by atoms with Gasteiger partial charge in [0.2, 0.25) is 0 Å². The van der Waals surface area contributed by atoms with E-state index in [2.05, 4.69) is 4.99 Å². The number of para-hydroxylation sites is 1. The minimum Gasteiger partial charge on any atom is -0.494 e. The minimum atomic E-state index is -0.769. The lowest BCUT2D eigenvalue weighted by atomic mass is 9.96. The minimum absolute atomic E-state index is 0.0839. The highest BCUT2D eigenvalue weighted by Gasteiger charge is 2.34. The van der Waals surface area contributed by atoms with E-state index < -0.39 is 16.9 Å². The number of hydrogen-bond donors (Lipinski definition) is 0. The molecule has 5 rings (SSSR count). The molecular weight excluding hydrogens is 546 g/mol. The number of allylic oxidation sites excluding steroid dienone is 1. The Labute approximate surface area is 238 Å². The summed E-state index contributed by atoms with van der Waals surface area (Å²) in [5.74, 6) is 0.770. The Morgan fingerprint density at radius 1 is 1.17 bits per heavy atom. The molecule has 0 amide bonds. The lowest BCUT2D eigenvalue weighted by molar-refractivity contribution is -0.384. The first-order chi connectivity index (χ1) is 19.7. The van der Waals surface area contributed by atoms with Gasteiger partial charge in [0.25, 0.3) is 11.2 Å². The Morgan fingerprint density at radius 2 is 1.90 bits per heavy atom. The van der Waals surface area contributed by atoms with Crippen LogP contribution in [0.25, 0.3) is 17.4 Å². The first kappa shape index (κ1) is 27.8. The van der Waals surface area contributed by atoms with Crippen molar-refractivity contribution < 1.29 is 23.6 Å². The fourth-order valence-electron chi connectivity index (χ4n) is 4.63. The monoisotopic (exact) mass is 573 g/mol. The second kappa shape index (κ2) is 11.4. The largest absolute Gasteiger partial charge is 0.494 e. The molecule has 0 fully saturated rings. The summed E-state index contributed by atoms with van der Waals surface area (Å²) in [6, 6.07) is 16.0. The zero-order chi connectivity index (χ0) is 29.3. The van der Waals surface area contributed by atoms with E-state index in [1.54, 1.807) is 69.3 Å². The molecule has 11 heteroatoms. The third-order valence-corrected chi connectivity index (χ3v) is 7.34. The van der Waals surface area contributed by atoms with Crippen molar-refractivity contribution >= 4 is 29.1 Å². The third-order valence-electron chi connectivity index (χ3n) is 6.36. The van der Waals surface area contributed by atoms with Crippen molar-refractivity contribution in [2.75, 3.05) is 6.61 Å². The van der Waals surface area contributed by atoms with Crippen LogP contribution in [0.4, 0.5) is 5.69 Å². The first-order valence-electron chi connectivity index (χ1n) is 13.0. The van der Waals surface area contributed by atoms with Gasteiger partial charge in [-0.1, -0.05) is 35.6 Å². The Kier molecular flexibility index (Phi) is 7.71. The highest BCUT2D eigenvalue weighted by molar-refractivity contribution is 7.07. The van der Waals surface area contributed by atoms with Gasteiger partial charge in [-0.05, 0) is 63.6 Å². The van der Waals surface area contributed by atoms with Crippen LogP contribution >= 0.6 is 11.3 Å². The van der Waals surface area contributed by atoms with E-state index in [4.69, 9.17) is 13.9 Å². The summed E-state index contributed by atoms with van der Waals surface area (Å²) in [6.45, 7) is 7.64. The number of nitrogens with zero attached hydrogens (tertiary/aromatic N) is 3. The fraction of sp³-hybridized carbons (Fsp3) is 0.233. The number of esters is 1. The first-order valence-corrected chi connectivity index (χ1v) is 13.8. The second-order valence-electron chi connectivity index (χ2n) is 9.51. The van der Waals surface area contributed by atoms with Gasteiger partial charge >= 0.3 is 5.97 Å². The zero-order valence-corrected chi connectivity index (χ0v) is 23.6. The summed E-state index contributed by atoms with van der Waals surface area (Å²) < 4.78 is 18.8. The molecular formula is C30H27N3O7S. The van der Waals surface area contributed by atoms with Crippen LogP contribution in [0.2, 0.25) is 0 Å². The summed E-state index contributed by atoms with van der Waals surface area (Å²) in [5.41, 5.74) is 1.32. The Balaban J connectivity index is 1.62. The van der Waals surface area contributed by atoms with E-state index in [-0.39, 0.29) is 22.9 Å². The molecule has 41 heavy (non-hydrogen) atoms. The average Bonchev–Trinajstić information content (AvgIpc) is 3.52. The van der Waals surface area contributed by atoms with Gasteiger partial charge in [-0.3, -0.25) is 19.5 Å². The summed E-state index contributed by atoms with van der Waals surface area (Å²) in [5, 5.41) is 11.5. The molecule has 2 aromatic carbocycles. The van der Waals surface area contributed by atoms with Crippen LogP contribution in [0, 0.1) is 10.1 Å². The maximum absolute atomic E-state index is 13.8. The number of furan rings is 1. The predicted molar refractivity (Wildman–Crippen MR) is 153 cm³/mol. The molecule has 10 nitrogen and oxygen atoms in total. The van der Waals surface area contributed by atoms with Gasteiger partial charge in [0, 0.05) is 12.1 Å². The maximum atomic E-state index is 13.8. The van der Waals surface area contributed by atoms with Crippen molar-refractivity contribution in [1.29, 1.82) is 0 Å². The quantitative estimate of drug-likeness (QED) is 0.169. The molecule has 0 N–H and O–H groups in total. The van der Waals surface area contributed by atoms with Gasteiger partial charge < -0.3 is 13.9 Å². The molecule has 1 aliphatic heterocycles. The molecule has 0 radical (unpaired) electrons. The van der Waals surface area contributed by atoms with Crippen LogP contribution in [-0.2, 0) is 9.53 Å². The normalized spacial score (nSPS) is 15.0. The average molecular weight is 574 g/mol. The van der Waals surface area contributed by atoms with Crippen LogP contribution in [0.1, 0.15) is 45.1 Å². The van der Waals surface area contributed by atoms with Crippen molar-refractivity contribution in [2.45, 2.75) is 39.8 Å². The summed E-state index contributed by atoms with van der Waals surface area (Å²) in [6.07, 6.45) is 1.21. The molecule has 0 aliphatic carbocycles. The maximum Gasteiger partial charge on any atom is 0.338 e. The van der Waals surface area contributed by atoms with E-state index in [0.29, 0.717) is 50.0 Å². The molecule has 4 aromatic rings. The van der Waals surface area contributed by atoms with Crippen molar-refractivity contribution in [1.82, 2.24) is 4.57 Å². The van der Waals surface area contributed by atoms with E-state index in [0.717, 1.165) is 11.3 Å². The SMILES string of the molecule is CCOc1ccc([C@H]2C(C(=O)OC(C)C)=C(C)N=c3s/c(=C/c4ccc(-c5ccccc5[N+](=O)[O-])o4)c(=O)n32)cc1. The van der Waals surface area contributed by atoms with Crippen molar-refractivity contribution in [3.8, 4) is 17.1 Å². The van der Waals surface area contributed by atoms with Gasteiger partial charge in [-0.2, -0.15) is 0 Å². The molecule has 0 bridgehead atoms. The molecule has 3 heterocycles. The van der Waals surface area contributed by atoms with Gasteiger partial charge in [0.05, 0.1) is 45.0 Å². The smallest absolute Gasteiger partial charge is 0.338 e. The molecule has 2 aromatic heterocycles. The van der Waals surface area contributed by atoms with Crippen LogP contribution in [0.3, 0.4) is 0 Å². The van der Waals surface area contributed by atoms with E-state index in [1.807, 2.05) is 19.1 Å². The lowest BCUT2D eigenvalue weighted by Gasteiger charge is -2.25. The van der Waals surface area contributed by atoms with E-state index >= 15 is 0 Å². The molecule has 1 atom stereocenters. The van der Waals surface area contributed by atoms with Crippen LogP contribution in [-0.4, -0.2) is 28.2 Å². The zero-order valence-electron chi connectivity index (χ0n) is 22.8. The summed E-state index contributed by atoms with van der Waals surface area (Å²) in [7, 11) is 0. The number of nitro benzene ring substituents is 1. The topological polar surface area (TPSA) is 126 Å². The summed E-state index contributed by atoms with van der Waals surface area (Å²) >= 11 is 1.16. The highest BCUT2D eigenvalue weighted by atomic mass is 32.1. The van der Waals surface area contributed by atoms with Crippen LogP contribution < -0.4 is 19.6 Å². The fourth-order valence-corrected chi connectivity index (χ4v) is 5.66. The Bertz CT molecular complexity index is 1850. The van der Waals surface area contributed by atoms with Crippen molar-refractivity contribution in [3.63, 3.8) is 0 Å². The number of carbonyl (C=O) groups is 1. The number of nitro groups is 1. The van der Waals surface area contributed by atoms with Gasteiger partial charge in [-0.25, -0.2) is 9.79 Å². The van der Waals surface area contributed by atoms with E-state index in [1.165, 1.54) is 10.6 Å². The Morgan fingerprint density at radius 3 is 2.59 bits per heavy atom. The third kappa shape index (κ3) is 5.48. The predicted octanol–water partition coefficient (Wildman–Crippen LogP) is 4.75. The molecule has 1 aliphatic rings. The number of fused-ring (bicyclic) bond motifs is 1. The number of benzene rings is 2. The number of thiazole rings is 1. The van der Waals surface area contributed by atoms with Gasteiger partial charge in [0.15, 0.2) is 4.80 Å². The molecule has 0 spiro atoms. The van der Waals surface area contributed by atoms with Crippen molar-refractivity contribution in [2.24, 2.45) is 4.99 Å². The number of rotatable bonds is 8. The number of aromatic nitrogens is 1. The number of hydrogen-bond acceptors (Lipinski definition) is 9. The number of carbonyl (C=O) groups excluding carboxylic acids is 1. The standard InChI is InChI=1S/C30H27N3O7S/c1-5-38-20-12-10-19(11-13-20)27-26(29(35)39-17(2)3)18(4)31-30-32(27)28(34)25(41-30)16-21-14-15-24(40-21)22-8-6-7-9-23(22)33(36)37/h6-17,27H,5H2,1-4H3/b25-16+/t27-/m0/s1. The molecule has 0 saturated carbocycles.